The maximum absolute atomic E-state index is 12.3. The molecule has 0 aromatic heterocycles. The highest BCUT2D eigenvalue weighted by atomic mass is 35.5. The zero-order valence-electron chi connectivity index (χ0n) is 15.8. The highest BCUT2D eigenvalue weighted by Crippen LogP contribution is 2.27. The quantitative estimate of drug-likeness (QED) is 0.391. The van der Waals surface area contributed by atoms with E-state index in [0.717, 1.165) is 23.4 Å². The summed E-state index contributed by atoms with van der Waals surface area (Å²) >= 11 is 6.27. The van der Waals surface area contributed by atoms with Crippen molar-refractivity contribution in [2.75, 3.05) is 20.2 Å². The smallest absolute Gasteiger partial charge is 0.339 e. The van der Waals surface area contributed by atoms with Crippen LogP contribution in [0.1, 0.15) is 34.0 Å². The summed E-state index contributed by atoms with van der Waals surface area (Å²) in [5.41, 5.74) is 4.33. The van der Waals surface area contributed by atoms with Crippen LogP contribution in [0.2, 0.25) is 5.02 Å². The molecule has 2 rings (SSSR count). The lowest BCUT2D eigenvalue weighted by atomic mass is 10.1. The van der Waals surface area contributed by atoms with Gasteiger partial charge >= 0.3 is 5.97 Å². The van der Waals surface area contributed by atoms with Gasteiger partial charge < -0.3 is 9.64 Å². The van der Waals surface area contributed by atoms with Crippen molar-refractivity contribution in [3.63, 3.8) is 0 Å². The third-order valence-corrected chi connectivity index (χ3v) is 4.46. The molecule has 0 saturated heterocycles. The van der Waals surface area contributed by atoms with E-state index >= 15 is 0 Å². The highest BCUT2D eigenvalue weighted by Gasteiger charge is 2.14. The third kappa shape index (κ3) is 5.60. The molecule has 26 heavy (non-hydrogen) atoms. The lowest BCUT2D eigenvalue weighted by Crippen LogP contribution is -2.14. The first kappa shape index (κ1) is 20.0. The fraction of sp³-hybridized carbons (Fsp3) is 0.333. The van der Waals surface area contributed by atoms with Crippen LogP contribution in [0.3, 0.4) is 0 Å². The zero-order chi connectivity index (χ0) is 19.1. The van der Waals surface area contributed by atoms with Gasteiger partial charge in [0.15, 0.2) is 0 Å². The molecule has 0 radical (unpaired) electrons. The van der Waals surface area contributed by atoms with Gasteiger partial charge in [0.05, 0.1) is 29.2 Å². The topological polar surface area (TPSA) is 41.9 Å². The minimum atomic E-state index is -0.411. The first-order chi connectivity index (χ1) is 12.4. The van der Waals surface area contributed by atoms with E-state index in [-0.39, 0.29) is 0 Å². The van der Waals surface area contributed by atoms with Gasteiger partial charge in [0, 0.05) is 20.0 Å². The molecule has 0 bridgehead atoms. The molecule has 0 aliphatic heterocycles. The van der Waals surface area contributed by atoms with Crippen molar-refractivity contribution in [2.24, 2.45) is 4.99 Å². The van der Waals surface area contributed by atoms with Gasteiger partial charge in [-0.1, -0.05) is 41.4 Å². The van der Waals surface area contributed by atoms with Crippen molar-refractivity contribution in [1.29, 1.82) is 0 Å². The number of ether oxygens (including phenoxy) is 1. The van der Waals surface area contributed by atoms with Crippen LogP contribution < -0.4 is 0 Å². The molecule has 2 aromatic carbocycles. The first-order valence-electron chi connectivity index (χ1n) is 8.68. The minimum absolute atomic E-state index is 0.318. The number of hydrogen-bond donors (Lipinski definition) is 0. The molecule has 0 saturated carbocycles. The number of nitrogens with zero attached hydrogens (tertiary/aromatic N) is 2. The number of aryl methyl sites for hydroxylation is 2. The lowest BCUT2D eigenvalue weighted by Gasteiger charge is -2.11. The average molecular weight is 373 g/mol. The average Bonchev–Trinajstić information content (AvgIpc) is 2.63. The first-order valence-corrected chi connectivity index (χ1v) is 9.05. The Morgan fingerprint density at radius 3 is 2.58 bits per heavy atom. The molecule has 0 unspecified atom stereocenters. The van der Waals surface area contributed by atoms with E-state index in [1.165, 1.54) is 5.56 Å². The number of aliphatic imine (C=N–C) groups is 1. The number of rotatable bonds is 7. The second-order valence-electron chi connectivity index (χ2n) is 6.31. The number of hydrogen-bond acceptors (Lipinski definition) is 3. The van der Waals surface area contributed by atoms with Gasteiger partial charge in [-0.3, -0.25) is 0 Å². The van der Waals surface area contributed by atoms with Crippen LogP contribution in [0.4, 0.5) is 5.69 Å². The monoisotopic (exact) mass is 372 g/mol. The summed E-state index contributed by atoms with van der Waals surface area (Å²) in [5.74, 6) is -0.411. The molecule has 0 aliphatic rings. The van der Waals surface area contributed by atoms with E-state index in [9.17, 15) is 4.79 Å². The van der Waals surface area contributed by atoms with E-state index in [2.05, 4.69) is 4.99 Å². The van der Waals surface area contributed by atoms with Gasteiger partial charge in [0.25, 0.3) is 0 Å². The van der Waals surface area contributed by atoms with Crippen LogP contribution >= 0.6 is 11.6 Å². The van der Waals surface area contributed by atoms with E-state index in [0.29, 0.717) is 23.6 Å². The van der Waals surface area contributed by atoms with Crippen LogP contribution in [-0.4, -0.2) is 37.4 Å². The standard InChI is InChI=1S/C21H25ClN2O2/c1-5-24(4)14-23-20-13-19(22)18(12-16(20)3)21(25)26-11-10-17-8-6-15(2)7-9-17/h6-9,12-14H,5,10-11H2,1-4H3/b23-14+. The molecule has 0 amide bonds. The molecule has 0 heterocycles. The van der Waals surface area contributed by atoms with E-state index in [1.807, 2.05) is 57.0 Å². The summed E-state index contributed by atoms with van der Waals surface area (Å²) in [7, 11) is 1.94. The van der Waals surface area contributed by atoms with E-state index in [1.54, 1.807) is 18.5 Å². The molecule has 0 aliphatic carbocycles. The minimum Gasteiger partial charge on any atom is -0.462 e. The third-order valence-electron chi connectivity index (χ3n) is 4.14. The molecule has 0 atom stereocenters. The second-order valence-corrected chi connectivity index (χ2v) is 6.72. The highest BCUT2D eigenvalue weighted by molar-refractivity contribution is 6.33. The largest absolute Gasteiger partial charge is 0.462 e. The Labute approximate surface area is 160 Å². The summed E-state index contributed by atoms with van der Waals surface area (Å²) in [6.07, 6.45) is 2.42. The molecular weight excluding hydrogens is 348 g/mol. The SMILES string of the molecule is CCN(C)/C=N/c1cc(Cl)c(C(=O)OCCc2ccc(C)cc2)cc1C. The fourth-order valence-electron chi connectivity index (χ4n) is 2.30. The van der Waals surface area contributed by atoms with Crippen molar-refractivity contribution in [3.05, 3.63) is 63.7 Å². The molecule has 0 fully saturated rings. The Hall–Kier alpha value is -2.33. The van der Waals surface area contributed by atoms with Gasteiger partial charge in [0.2, 0.25) is 0 Å². The predicted molar refractivity (Wildman–Crippen MR) is 108 cm³/mol. The fourth-order valence-corrected chi connectivity index (χ4v) is 2.54. The van der Waals surface area contributed by atoms with Crippen LogP contribution in [0.5, 0.6) is 0 Å². The second kappa shape index (κ2) is 9.39. The summed E-state index contributed by atoms with van der Waals surface area (Å²) in [4.78, 5) is 18.7. The maximum Gasteiger partial charge on any atom is 0.339 e. The molecule has 0 N–H and O–H groups in total. The van der Waals surface area contributed by atoms with Crippen molar-refractivity contribution in [1.82, 2.24) is 4.90 Å². The Kier molecular flexibility index (Phi) is 7.22. The summed E-state index contributed by atoms with van der Waals surface area (Å²) < 4.78 is 5.38. The van der Waals surface area contributed by atoms with Crippen LogP contribution in [-0.2, 0) is 11.2 Å². The van der Waals surface area contributed by atoms with Gasteiger partial charge in [0.1, 0.15) is 0 Å². The van der Waals surface area contributed by atoms with Crippen LogP contribution in [0.25, 0.3) is 0 Å². The Bertz CT molecular complexity index is 785. The van der Waals surface area contributed by atoms with Crippen molar-refractivity contribution in [3.8, 4) is 0 Å². The Morgan fingerprint density at radius 1 is 1.23 bits per heavy atom. The molecular formula is C21H25ClN2O2. The predicted octanol–water partition coefficient (Wildman–Crippen LogP) is 4.97. The van der Waals surface area contributed by atoms with Gasteiger partial charge in [-0.25, -0.2) is 9.79 Å². The van der Waals surface area contributed by atoms with Gasteiger partial charge in [-0.2, -0.15) is 0 Å². The Morgan fingerprint density at radius 2 is 1.92 bits per heavy atom. The Balaban J connectivity index is 2.01. The number of halogens is 1. The number of benzene rings is 2. The number of carbonyl (C=O) groups is 1. The van der Waals surface area contributed by atoms with Crippen LogP contribution in [0, 0.1) is 13.8 Å². The van der Waals surface area contributed by atoms with Gasteiger partial charge in [-0.05, 0) is 44.0 Å². The summed E-state index contributed by atoms with van der Waals surface area (Å²) in [6.45, 7) is 7.17. The normalized spacial score (nSPS) is 11.0. The lowest BCUT2D eigenvalue weighted by molar-refractivity contribution is 0.0509. The van der Waals surface area contributed by atoms with E-state index < -0.39 is 5.97 Å². The van der Waals surface area contributed by atoms with Crippen LogP contribution in [0.15, 0.2) is 41.4 Å². The molecule has 4 nitrogen and oxygen atoms in total. The number of esters is 1. The summed E-state index contributed by atoms with van der Waals surface area (Å²) in [6, 6.07) is 11.6. The molecule has 138 valence electrons. The van der Waals surface area contributed by atoms with Gasteiger partial charge in [-0.15, -0.1) is 0 Å². The van der Waals surface area contributed by atoms with Crippen molar-refractivity contribution in [2.45, 2.75) is 27.2 Å². The maximum atomic E-state index is 12.3. The summed E-state index contributed by atoms with van der Waals surface area (Å²) in [5, 5.41) is 0.349. The number of carbonyl (C=O) groups excluding carboxylic acids is 1. The molecule has 0 spiro atoms. The molecule has 2 aromatic rings. The van der Waals surface area contributed by atoms with Crippen molar-refractivity contribution < 1.29 is 9.53 Å². The van der Waals surface area contributed by atoms with Crippen molar-refractivity contribution >= 4 is 29.6 Å². The zero-order valence-corrected chi connectivity index (χ0v) is 16.5. The molecule has 5 heteroatoms. The van der Waals surface area contributed by atoms with E-state index in [4.69, 9.17) is 16.3 Å².